The molecule has 0 bridgehead atoms. The molecule has 0 saturated carbocycles. The van der Waals surface area contributed by atoms with E-state index in [1.54, 1.807) is 13.8 Å². The molecular formula is C15H28O5. The fraction of sp³-hybridized carbons (Fsp3) is 0.867. The summed E-state index contributed by atoms with van der Waals surface area (Å²) in [4.78, 5) is 24.4. The average Bonchev–Trinajstić information content (AvgIpc) is 2.46. The Kier molecular flexibility index (Phi) is 10.1. The number of esters is 2. The lowest BCUT2D eigenvalue weighted by molar-refractivity contribution is -0.174. The van der Waals surface area contributed by atoms with E-state index in [0.717, 1.165) is 12.8 Å². The van der Waals surface area contributed by atoms with Gasteiger partial charge in [-0.15, -0.1) is 0 Å². The maximum atomic E-state index is 12.2. The molecule has 5 nitrogen and oxygen atoms in total. The fourth-order valence-corrected chi connectivity index (χ4v) is 1.83. The minimum absolute atomic E-state index is 0.163. The summed E-state index contributed by atoms with van der Waals surface area (Å²) in [5, 5.41) is 0. The minimum atomic E-state index is -1.18. The van der Waals surface area contributed by atoms with Crippen LogP contribution in [0, 0.1) is 5.41 Å². The zero-order chi connectivity index (χ0) is 15.4. The first-order valence-corrected chi connectivity index (χ1v) is 7.51. The zero-order valence-corrected chi connectivity index (χ0v) is 13.2. The van der Waals surface area contributed by atoms with Crippen molar-refractivity contribution in [3.8, 4) is 0 Å². The largest absolute Gasteiger partial charge is 0.465 e. The molecule has 0 atom stereocenters. The van der Waals surface area contributed by atoms with E-state index in [2.05, 4.69) is 0 Å². The summed E-state index contributed by atoms with van der Waals surface area (Å²) in [6.45, 7) is 8.92. The van der Waals surface area contributed by atoms with Crippen molar-refractivity contribution in [2.45, 2.75) is 53.4 Å². The summed E-state index contributed by atoms with van der Waals surface area (Å²) in [5.41, 5.74) is -1.18. The highest BCUT2D eigenvalue weighted by Crippen LogP contribution is 2.30. The van der Waals surface area contributed by atoms with Crippen LogP contribution in [0.2, 0.25) is 0 Å². The highest BCUT2D eigenvalue weighted by Gasteiger charge is 2.45. The van der Waals surface area contributed by atoms with Crippen molar-refractivity contribution in [2.24, 2.45) is 5.41 Å². The summed E-state index contributed by atoms with van der Waals surface area (Å²) in [6.07, 6.45) is 2.50. The van der Waals surface area contributed by atoms with Gasteiger partial charge >= 0.3 is 11.9 Å². The third kappa shape index (κ3) is 5.49. The topological polar surface area (TPSA) is 61.8 Å². The second-order valence-corrected chi connectivity index (χ2v) is 4.61. The van der Waals surface area contributed by atoms with E-state index in [0.29, 0.717) is 32.7 Å². The van der Waals surface area contributed by atoms with Gasteiger partial charge in [-0.2, -0.15) is 0 Å². The lowest BCUT2D eigenvalue weighted by atomic mass is 9.82. The highest BCUT2D eigenvalue weighted by atomic mass is 16.6. The van der Waals surface area contributed by atoms with E-state index < -0.39 is 17.4 Å². The second-order valence-electron chi connectivity index (χ2n) is 4.61. The molecule has 0 N–H and O–H groups in total. The summed E-state index contributed by atoms with van der Waals surface area (Å²) in [5.74, 6) is -0.985. The highest BCUT2D eigenvalue weighted by molar-refractivity contribution is 5.99. The van der Waals surface area contributed by atoms with Crippen molar-refractivity contribution in [1.82, 2.24) is 0 Å². The molecule has 0 rings (SSSR count). The number of hydrogen-bond acceptors (Lipinski definition) is 5. The summed E-state index contributed by atoms with van der Waals surface area (Å²) in [7, 11) is 0. The van der Waals surface area contributed by atoms with Gasteiger partial charge in [0.2, 0.25) is 0 Å². The normalized spacial score (nSPS) is 11.2. The third-order valence-corrected chi connectivity index (χ3v) is 3.38. The SMILES string of the molecule is CCCCOC(=O)C(CC)(CC)C(=O)OCCOCC. The number of ether oxygens (including phenoxy) is 3. The Morgan fingerprint density at radius 3 is 1.85 bits per heavy atom. The van der Waals surface area contributed by atoms with Crippen LogP contribution in [0.5, 0.6) is 0 Å². The van der Waals surface area contributed by atoms with Gasteiger partial charge in [0.1, 0.15) is 6.61 Å². The van der Waals surface area contributed by atoms with Gasteiger partial charge < -0.3 is 14.2 Å². The predicted molar refractivity (Wildman–Crippen MR) is 76.3 cm³/mol. The molecule has 0 radical (unpaired) electrons. The van der Waals surface area contributed by atoms with Crippen LogP contribution < -0.4 is 0 Å². The first-order chi connectivity index (χ1) is 9.58. The van der Waals surface area contributed by atoms with Gasteiger partial charge in [0, 0.05) is 6.61 Å². The van der Waals surface area contributed by atoms with Crippen molar-refractivity contribution in [1.29, 1.82) is 0 Å². The molecule has 5 heteroatoms. The van der Waals surface area contributed by atoms with Crippen molar-refractivity contribution in [3.63, 3.8) is 0 Å². The Morgan fingerprint density at radius 1 is 0.850 bits per heavy atom. The number of rotatable bonds is 11. The summed E-state index contributed by atoms with van der Waals surface area (Å²) < 4.78 is 15.5. The smallest absolute Gasteiger partial charge is 0.323 e. The van der Waals surface area contributed by atoms with Crippen LogP contribution >= 0.6 is 0 Å². The van der Waals surface area contributed by atoms with Crippen molar-refractivity contribution >= 4 is 11.9 Å². The molecule has 0 saturated heterocycles. The Hall–Kier alpha value is -1.10. The van der Waals surface area contributed by atoms with E-state index in [-0.39, 0.29) is 6.61 Å². The fourth-order valence-electron chi connectivity index (χ4n) is 1.83. The zero-order valence-electron chi connectivity index (χ0n) is 13.2. The Balaban J connectivity index is 4.55. The van der Waals surface area contributed by atoms with Crippen molar-refractivity contribution in [3.05, 3.63) is 0 Å². The van der Waals surface area contributed by atoms with Gasteiger partial charge in [-0.3, -0.25) is 9.59 Å². The minimum Gasteiger partial charge on any atom is -0.465 e. The number of hydrogen-bond donors (Lipinski definition) is 0. The third-order valence-electron chi connectivity index (χ3n) is 3.38. The maximum absolute atomic E-state index is 12.2. The van der Waals surface area contributed by atoms with Gasteiger partial charge in [0.15, 0.2) is 5.41 Å². The molecule has 0 aliphatic carbocycles. The molecule has 0 aliphatic heterocycles. The molecule has 118 valence electrons. The van der Waals surface area contributed by atoms with E-state index in [9.17, 15) is 9.59 Å². The molecule has 0 spiro atoms. The molecule has 20 heavy (non-hydrogen) atoms. The quantitative estimate of drug-likeness (QED) is 0.332. The first kappa shape index (κ1) is 18.9. The lowest BCUT2D eigenvalue weighted by Crippen LogP contribution is -2.41. The predicted octanol–water partition coefficient (Wildman–Crippen LogP) is 2.72. The molecule has 0 amide bonds. The van der Waals surface area contributed by atoms with Crippen LogP contribution in [-0.2, 0) is 23.8 Å². The Morgan fingerprint density at radius 2 is 1.40 bits per heavy atom. The summed E-state index contributed by atoms with van der Waals surface area (Å²) >= 11 is 0. The number of unbranched alkanes of at least 4 members (excludes halogenated alkanes) is 1. The van der Waals surface area contributed by atoms with Gasteiger partial charge in [-0.05, 0) is 26.2 Å². The van der Waals surface area contributed by atoms with Crippen LogP contribution in [-0.4, -0.2) is 38.4 Å². The molecule has 0 aliphatic rings. The van der Waals surface area contributed by atoms with E-state index in [4.69, 9.17) is 14.2 Å². The second kappa shape index (κ2) is 10.7. The molecule has 0 aromatic heterocycles. The molecule has 0 fully saturated rings. The maximum Gasteiger partial charge on any atom is 0.323 e. The Labute approximate surface area is 122 Å². The van der Waals surface area contributed by atoms with E-state index in [1.165, 1.54) is 0 Å². The van der Waals surface area contributed by atoms with Crippen LogP contribution in [0.4, 0.5) is 0 Å². The number of carbonyl (C=O) groups is 2. The molecule has 0 aromatic rings. The van der Waals surface area contributed by atoms with Gasteiger partial charge in [-0.1, -0.05) is 27.2 Å². The van der Waals surface area contributed by atoms with E-state index >= 15 is 0 Å². The molecular weight excluding hydrogens is 260 g/mol. The van der Waals surface area contributed by atoms with E-state index in [1.807, 2.05) is 13.8 Å². The molecule has 0 aromatic carbocycles. The van der Waals surface area contributed by atoms with Gasteiger partial charge in [0.25, 0.3) is 0 Å². The molecule has 0 unspecified atom stereocenters. The lowest BCUT2D eigenvalue weighted by Gasteiger charge is -2.26. The number of carbonyl (C=O) groups excluding carboxylic acids is 2. The average molecular weight is 288 g/mol. The molecule has 0 heterocycles. The van der Waals surface area contributed by atoms with Crippen LogP contribution in [0.25, 0.3) is 0 Å². The van der Waals surface area contributed by atoms with Crippen LogP contribution in [0.1, 0.15) is 53.4 Å². The Bertz CT molecular complexity index is 284. The van der Waals surface area contributed by atoms with Crippen molar-refractivity contribution < 1.29 is 23.8 Å². The first-order valence-electron chi connectivity index (χ1n) is 7.51. The monoisotopic (exact) mass is 288 g/mol. The van der Waals surface area contributed by atoms with Crippen LogP contribution in [0.15, 0.2) is 0 Å². The standard InChI is InChI=1S/C15H28O5/c1-5-9-10-19-13(16)15(6-2,7-3)14(17)20-12-11-18-8-4/h5-12H2,1-4H3. The van der Waals surface area contributed by atoms with Crippen molar-refractivity contribution in [2.75, 3.05) is 26.4 Å². The summed E-state index contributed by atoms with van der Waals surface area (Å²) in [6, 6.07) is 0. The van der Waals surface area contributed by atoms with Crippen LogP contribution in [0.3, 0.4) is 0 Å². The van der Waals surface area contributed by atoms with Gasteiger partial charge in [-0.25, -0.2) is 0 Å². The van der Waals surface area contributed by atoms with Gasteiger partial charge in [0.05, 0.1) is 13.2 Å².